The van der Waals surface area contributed by atoms with E-state index in [1.165, 1.54) is 0 Å². The highest BCUT2D eigenvalue weighted by Gasteiger charge is 2.19. The number of hydrogen-bond donors (Lipinski definition) is 2. The Morgan fingerprint density at radius 1 is 1.29 bits per heavy atom. The third kappa shape index (κ3) is 4.26. The van der Waals surface area contributed by atoms with Crippen molar-refractivity contribution < 1.29 is 9.59 Å². The van der Waals surface area contributed by atoms with Crippen molar-refractivity contribution >= 4 is 11.8 Å². The van der Waals surface area contributed by atoms with Gasteiger partial charge in [-0.05, 0) is 12.0 Å². The van der Waals surface area contributed by atoms with Gasteiger partial charge in [0.25, 0.3) is 0 Å². The zero-order valence-corrected chi connectivity index (χ0v) is 9.98. The molecule has 4 heteroatoms. The van der Waals surface area contributed by atoms with E-state index < -0.39 is 11.9 Å². The molecule has 0 aliphatic heterocycles. The van der Waals surface area contributed by atoms with Gasteiger partial charge in [0.05, 0.1) is 0 Å². The average Bonchev–Trinajstić information content (AvgIpc) is 2.34. The molecule has 4 nitrogen and oxygen atoms in total. The first kappa shape index (κ1) is 13.2. The van der Waals surface area contributed by atoms with Crippen LogP contribution in [0.3, 0.4) is 0 Å². The topological polar surface area (TPSA) is 72.2 Å². The number of unbranched alkanes of at least 4 members (excludes halogenated alkanes) is 1. The smallest absolute Gasteiger partial charge is 0.244 e. The summed E-state index contributed by atoms with van der Waals surface area (Å²) in [5.41, 5.74) is 6.00. The first-order chi connectivity index (χ1) is 8.15. The van der Waals surface area contributed by atoms with E-state index in [4.69, 9.17) is 5.73 Å². The molecule has 1 atom stereocenters. The fourth-order valence-corrected chi connectivity index (χ4v) is 1.53. The van der Waals surface area contributed by atoms with Gasteiger partial charge < -0.3 is 11.1 Å². The summed E-state index contributed by atoms with van der Waals surface area (Å²) >= 11 is 0. The Labute approximate surface area is 101 Å². The maximum Gasteiger partial charge on any atom is 0.244 e. The van der Waals surface area contributed by atoms with E-state index in [1.54, 1.807) is 12.1 Å². The van der Waals surface area contributed by atoms with Crippen molar-refractivity contribution in [2.75, 3.05) is 0 Å². The summed E-state index contributed by atoms with van der Waals surface area (Å²) in [5.74, 6) is -0.680. The molecule has 0 radical (unpaired) electrons. The number of nitrogens with two attached hydrogens (primary N) is 1. The molecule has 0 aliphatic rings. The van der Waals surface area contributed by atoms with Crippen molar-refractivity contribution in [3.8, 4) is 0 Å². The molecule has 0 bridgehead atoms. The minimum absolute atomic E-state index is 0.139. The lowest BCUT2D eigenvalue weighted by atomic mass is 10.1. The van der Waals surface area contributed by atoms with Crippen LogP contribution in [0.25, 0.3) is 0 Å². The fraction of sp³-hybridized carbons (Fsp3) is 0.385. The van der Waals surface area contributed by atoms with E-state index in [0.717, 1.165) is 12.8 Å². The van der Waals surface area contributed by atoms with Gasteiger partial charge in [-0.1, -0.05) is 43.7 Å². The number of benzene rings is 1. The fourth-order valence-electron chi connectivity index (χ4n) is 1.53. The second kappa shape index (κ2) is 6.68. The maximum absolute atomic E-state index is 11.6. The third-order valence-electron chi connectivity index (χ3n) is 2.48. The average molecular weight is 234 g/mol. The van der Waals surface area contributed by atoms with Gasteiger partial charge in [-0.2, -0.15) is 0 Å². The SMILES string of the molecule is CCCCC(=O)NC(C(N)=O)c1ccccc1. The van der Waals surface area contributed by atoms with E-state index in [1.807, 2.05) is 25.1 Å². The van der Waals surface area contributed by atoms with Crippen molar-refractivity contribution in [1.29, 1.82) is 0 Å². The van der Waals surface area contributed by atoms with Crippen molar-refractivity contribution in [2.45, 2.75) is 32.2 Å². The molecule has 3 N–H and O–H groups in total. The molecule has 92 valence electrons. The van der Waals surface area contributed by atoms with Crippen molar-refractivity contribution in [2.24, 2.45) is 5.73 Å². The van der Waals surface area contributed by atoms with Gasteiger partial charge in [-0.25, -0.2) is 0 Å². The molecule has 1 aromatic rings. The van der Waals surface area contributed by atoms with Crippen molar-refractivity contribution in [1.82, 2.24) is 5.32 Å². The van der Waals surface area contributed by atoms with Gasteiger partial charge in [0, 0.05) is 6.42 Å². The van der Waals surface area contributed by atoms with E-state index in [2.05, 4.69) is 5.32 Å². The summed E-state index contributed by atoms with van der Waals surface area (Å²) in [6, 6.07) is 8.28. The largest absolute Gasteiger partial charge is 0.368 e. The molecule has 0 fully saturated rings. The zero-order valence-electron chi connectivity index (χ0n) is 9.98. The van der Waals surface area contributed by atoms with Gasteiger partial charge in [-0.3, -0.25) is 9.59 Å². The second-order valence-electron chi connectivity index (χ2n) is 3.92. The molecule has 1 rings (SSSR count). The molecule has 1 aromatic carbocycles. The highest BCUT2D eigenvalue weighted by Crippen LogP contribution is 2.12. The van der Waals surface area contributed by atoms with E-state index >= 15 is 0 Å². The summed E-state index contributed by atoms with van der Waals surface area (Å²) in [6.45, 7) is 2.01. The predicted octanol–water partition coefficient (Wildman–Crippen LogP) is 1.52. The monoisotopic (exact) mass is 234 g/mol. The standard InChI is InChI=1S/C13H18N2O2/c1-2-3-9-11(16)15-12(13(14)17)10-7-5-4-6-8-10/h4-8,12H,2-3,9H2,1H3,(H2,14,17)(H,15,16). The number of hydrogen-bond acceptors (Lipinski definition) is 2. The van der Waals surface area contributed by atoms with Gasteiger partial charge in [0.1, 0.15) is 6.04 Å². The minimum atomic E-state index is -0.736. The molecule has 0 heterocycles. The molecule has 0 aliphatic carbocycles. The molecule has 2 amide bonds. The second-order valence-corrected chi connectivity index (χ2v) is 3.92. The Bertz CT molecular complexity index is 376. The Balaban J connectivity index is 2.68. The van der Waals surface area contributed by atoms with Crippen LogP contribution >= 0.6 is 0 Å². The lowest BCUT2D eigenvalue weighted by molar-refractivity contribution is -0.127. The lowest BCUT2D eigenvalue weighted by Gasteiger charge is -2.15. The predicted molar refractivity (Wildman–Crippen MR) is 66.0 cm³/mol. The molecule has 0 saturated carbocycles. The van der Waals surface area contributed by atoms with Crippen molar-refractivity contribution in [3.05, 3.63) is 35.9 Å². The summed E-state index contributed by atoms with van der Waals surface area (Å²) < 4.78 is 0. The first-order valence-corrected chi connectivity index (χ1v) is 5.78. The summed E-state index contributed by atoms with van der Waals surface area (Å²) in [6.07, 6.45) is 2.18. The number of carbonyl (C=O) groups is 2. The third-order valence-corrected chi connectivity index (χ3v) is 2.48. The number of carbonyl (C=O) groups excluding carboxylic acids is 2. The number of primary amides is 1. The molecular formula is C13H18N2O2. The zero-order chi connectivity index (χ0) is 12.7. The highest BCUT2D eigenvalue weighted by atomic mass is 16.2. The Kier molecular flexibility index (Phi) is 5.20. The van der Waals surface area contributed by atoms with Crippen LogP contribution in [0.15, 0.2) is 30.3 Å². The minimum Gasteiger partial charge on any atom is -0.368 e. The molecule has 17 heavy (non-hydrogen) atoms. The molecule has 0 aromatic heterocycles. The number of rotatable bonds is 6. The van der Waals surface area contributed by atoms with Crippen LogP contribution in [-0.4, -0.2) is 11.8 Å². The molecule has 0 saturated heterocycles. The molecule has 1 unspecified atom stereocenters. The van der Waals surface area contributed by atoms with Crippen LogP contribution in [0.4, 0.5) is 0 Å². The summed E-state index contributed by atoms with van der Waals surface area (Å²) in [5, 5.41) is 2.65. The van der Waals surface area contributed by atoms with Crippen LogP contribution in [0.2, 0.25) is 0 Å². The first-order valence-electron chi connectivity index (χ1n) is 5.78. The maximum atomic E-state index is 11.6. The summed E-state index contributed by atoms with van der Waals surface area (Å²) in [4.78, 5) is 22.9. The van der Waals surface area contributed by atoms with Crippen LogP contribution in [-0.2, 0) is 9.59 Å². The highest BCUT2D eigenvalue weighted by molar-refractivity contribution is 5.87. The quantitative estimate of drug-likeness (QED) is 0.783. The Hall–Kier alpha value is -1.84. The van der Waals surface area contributed by atoms with Crippen molar-refractivity contribution in [3.63, 3.8) is 0 Å². The van der Waals surface area contributed by atoms with Crippen LogP contribution in [0.1, 0.15) is 37.8 Å². The normalized spacial score (nSPS) is 11.8. The lowest BCUT2D eigenvalue weighted by Crippen LogP contribution is -2.37. The van der Waals surface area contributed by atoms with E-state index in [9.17, 15) is 9.59 Å². The Morgan fingerprint density at radius 3 is 2.47 bits per heavy atom. The van der Waals surface area contributed by atoms with Crippen LogP contribution in [0.5, 0.6) is 0 Å². The van der Waals surface area contributed by atoms with Crippen LogP contribution in [0, 0.1) is 0 Å². The van der Waals surface area contributed by atoms with Crippen LogP contribution < -0.4 is 11.1 Å². The summed E-state index contributed by atoms with van der Waals surface area (Å²) in [7, 11) is 0. The number of amides is 2. The molecular weight excluding hydrogens is 216 g/mol. The van der Waals surface area contributed by atoms with Gasteiger partial charge >= 0.3 is 0 Å². The van der Waals surface area contributed by atoms with Gasteiger partial charge in [0.15, 0.2) is 0 Å². The van der Waals surface area contributed by atoms with Gasteiger partial charge in [0.2, 0.25) is 11.8 Å². The van der Waals surface area contributed by atoms with E-state index in [0.29, 0.717) is 12.0 Å². The molecule has 0 spiro atoms. The van der Waals surface area contributed by atoms with E-state index in [-0.39, 0.29) is 5.91 Å². The number of nitrogens with one attached hydrogen (secondary N) is 1. The Morgan fingerprint density at radius 2 is 1.94 bits per heavy atom. The van der Waals surface area contributed by atoms with Gasteiger partial charge in [-0.15, -0.1) is 0 Å².